The third kappa shape index (κ3) is 5.13. The van der Waals surface area contributed by atoms with Gasteiger partial charge in [0.15, 0.2) is 5.76 Å². The van der Waals surface area contributed by atoms with Crippen molar-refractivity contribution in [1.82, 2.24) is 0 Å². The third-order valence-electron chi connectivity index (χ3n) is 6.98. The highest BCUT2D eigenvalue weighted by Crippen LogP contribution is 2.36. The molecule has 1 amide bonds. The van der Waals surface area contributed by atoms with Crippen LogP contribution in [0.1, 0.15) is 54.6 Å². The van der Waals surface area contributed by atoms with Crippen LogP contribution < -0.4 is 10.1 Å². The summed E-state index contributed by atoms with van der Waals surface area (Å²) in [6, 6.07) is 20.8. The van der Waals surface area contributed by atoms with Crippen molar-refractivity contribution in [2.24, 2.45) is 5.92 Å². The van der Waals surface area contributed by atoms with Crippen molar-refractivity contribution in [3.8, 4) is 16.9 Å². The van der Waals surface area contributed by atoms with Crippen molar-refractivity contribution in [2.75, 3.05) is 11.9 Å². The maximum Gasteiger partial charge on any atom is 0.310 e. The first-order valence-electron chi connectivity index (χ1n) is 12.4. The van der Waals surface area contributed by atoms with Crippen LogP contribution in [0.25, 0.3) is 21.9 Å². The lowest BCUT2D eigenvalue weighted by Gasteiger charge is -2.17. The Hall–Kier alpha value is -4.06. The Bertz CT molecular complexity index is 1390. The lowest BCUT2D eigenvalue weighted by molar-refractivity contribution is -0.138. The predicted molar refractivity (Wildman–Crippen MR) is 140 cm³/mol. The number of hydrogen-bond donors (Lipinski definition) is 2. The van der Waals surface area contributed by atoms with Crippen molar-refractivity contribution < 1.29 is 23.8 Å². The Morgan fingerprint density at radius 3 is 2.56 bits per heavy atom. The van der Waals surface area contributed by atoms with E-state index in [0.717, 1.165) is 33.2 Å². The fraction of sp³-hybridized carbons (Fsp3) is 0.267. The van der Waals surface area contributed by atoms with Crippen LogP contribution in [0.15, 0.2) is 77.4 Å². The minimum absolute atomic E-state index is 0.256. The fourth-order valence-corrected chi connectivity index (χ4v) is 4.79. The molecule has 1 fully saturated rings. The molecular weight excluding hydrogens is 454 g/mol. The second kappa shape index (κ2) is 10.3. The van der Waals surface area contributed by atoms with Crippen LogP contribution >= 0.6 is 0 Å². The van der Waals surface area contributed by atoms with Gasteiger partial charge in [0.2, 0.25) is 0 Å². The summed E-state index contributed by atoms with van der Waals surface area (Å²) < 4.78 is 11.4. The van der Waals surface area contributed by atoms with Gasteiger partial charge < -0.3 is 19.6 Å². The van der Waals surface area contributed by atoms with Crippen LogP contribution in [0.4, 0.5) is 5.69 Å². The van der Waals surface area contributed by atoms with Crippen LogP contribution in [-0.4, -0.2) is 23.6 Å². The van der Waals surface area contributed by atoms with Crippen LogP contribution in [0.2, 0.25) is 0 Å². The summed E-state index contributed by atoms with van der Waals surface area (Å²) in [6.07, 6.45) is 6.36. The Morgan fingerprint density at radius 2 is 1.81 bits per heavy atom. The molecule has 2 N–H and O–H groups in total. The summed E-state index contributed by atoms with van der Waals surface area (Å²) in [5.74, 6) is -0.182. The molecule has 0 spiro atoms. The molecule has 0 radical (unpaired) electrons. The zero-order valence-electron chi connectivity index (χ0n) is 20.2. The number of carboxylic acids is 1. The standard InChI is InChI=1S/C30H29NO5/c1-19(30(33)34)21-11-13-27(36-18-20-5-2-3-6-20)26(17-21)24-9-8-23-16-25(12-10-22(23)15-24)31-29(32)28-7-4-14-35-28/h4,7-17,19-20H,2-3,5-6,18H2,1H3,(H,31,32)(H,33,34). The molecule has 1 aliphatic rings. The van der Waals surface area contributed by atoms with Gasteiger partial charge in [-0.2, -0.15) is 0 Å². The molecule has 1 saturated carbocycles. The van der Waals surface area contributed by atoms with Crippen LogP contribution in [0, 0.1) is 5.92 Å². The predicted octanol–water partition coefficient (Wildman–Crippen LogP) is 7.11. The molecule has 0 bridgehead atoms. The van der Waals surface area contributed by atoms with Gasteiger partial charge in [-0.05, 0) is 90.0 Å². The molecular formula is C30H29NO5. The van der Waals surface area contributed by atoms with Crippen molar-refractivity contribution in [2.45, 2.75) is 38.5 Å². The molecule has 1 aliphatic carbocycles. The number of furan rings is 1. The summed E-state index contributed by atoms with van der Waals surface area (Å²) in [5.41, 5.74) is 3.25. The second-order valence-corrected chi connectivity index (χ2v) is 9.49. The summed E-state index contributed by atoms with van der Waals surface area (Å²) in [4.78, 5) is 23.9. The van der Waals surface area contributed by atoms with Crippen LogP contribution in [0.3, 0.4) is 0 Å². The smallest absolute Gasteiger partial charge is 0.310 e. The van der Waals surface area contributed by atoms with Gasteiger partial charge in [0.25, 0.3) is 5.91 Å². The quantitative estimate of drug-likeness (QED) is 0.279. The molecule has 4 aromatic rings. The second-order valence-electron chi connectivity index (χ2n) is 9.49. The molecule has 1 atom stereocenters. The van der Waals surface area contributed by atoms with E-state index < -0.39 is 11.9 Å². The fourth-order valence-electron chi connectivity index (χ4n) is 4.79. The van der Waals surface area contributed by atoms with E-state index in [1.807, 2.05) is 48.5 Å². The van der Waals surface area contributed by atoms with Gasteiger partial charge in [0, 0.05) is 11.3 Å². The number of rotatable bonds is 8. The van der Waals surface area contributed by atoms with E-state index in [0.29, 0.717) is 18.2 Å². The Morgan fingerprint density at radius 1 is 1.03 bits per heavy atom. The summed E-state index contributed by atoms with van der Waals surface area (Å²) in [6.45, 7) is 2.37. The molecule has 0 aliphatic heterocycles. The maximum absolute atomic E-state index is 12.3. The molecule has 36 heavy (non-hydrogen) atoms. The van der Waals surface area contributed by atoms with E-state index in [4.69, 9.17) is 9.15 Å². The Labute approximate surface area is 209 Å². The maximum atomic E-state index is 12.3. The lowest BCUT2D eigenvalue weighted by atomic mass is 9.94. The van der Waals surface area contributed by atoms with Gasteiger partial charge in [-0.1, -0.05) is 37.1 Å². The number of hydrogen-bond acceptors (Lipinski definition) is 4. The minimum Gasteiger partial charge on any atom is -0.493 e. The first-order valence-corrected chi connectivity index (χ1v) is 12.4. The molecule has 1 unspecified atom stereocenters. The molecule has 184 valence electrons. The van der Waals surface area contributed by atoms with Gasteiger partial charge in [-0.25, -0.2) is 0 Å². The molecule has 6 nitrogen and oxygen atoms in total. The van der Waals surface area contributed by atoms with E-state index >= 15 is 0 Å². The summed E-state index contributed by atoms with van der Waals surface area (Å²) in [5, 5.41) is 14.4. The van der Waals surface area contributed by atoms with Gasteiger partial charge in [0.1, 0.15) is 5.75 Å². The first kappa shape index (κ1) is 23.7. The number of carbonyl (C=O) groups excluding carboxylic acids is 1. The number of carboxylic acid groups (broad SMARTS) is 1. The van der Waals surface area contributed by atoms with Crippen LogP contribution in [0.5, 0.6) is 5.75 Å². The van der Waals surface area contributed by atoms with E-state index in [1.54, 1.807) is 19.1 Å². The normalized spacial score (nSPS) is 14.6. The van der Waals surface area contributed by atoms with Crippen molar-refractivity contribution in [1.29, 1.82) is 0 Å². The van der Waals surface area contributed by atoms with Crippen molar-refractivity contribution >= 4 is 28.3 Å². The molecule has 1 aromatic heterocycles. The van der Waals surface area contributed by atoms with Crippen LogP contribution in [-0.2, 0) is 4.79 Å². The monoisotopic (exact) mass is 483 g/mol. The number of aliphatic carboxylic acids is 1. The Kier molecular flexibility index (Phi) is 6.76. The number of carbonyl (C=O) groups is 2. The minimum atomic E-state index is -0.858. The number of nitrogens with one attached hydrogen (secondary N) is 1. The van der Waals surface area contributed by atoms with Crippen molar-refractivity contribution in [3.63, 3.8) is 0 Å². The van der Waals surface area contributed by atoms with E-state index in [9.17, 15) is 14.7 Å². The van der Waals surface area contributed by atoms with Gasteiger partial charge in [-0.15, -0.1) is 0 Å². The highest BCUT2D eigenvalue weighted by Gasteiger charge is 2.19. The average Bonchev–Trinajstić information content (AvgIpc) is 3.61. The average molecular weight is 484 g/mol. The molecule has 5 rings (SSSR count). The summed E-state index contributed by atoms with van der Waals surface area (Å²) >= 11 is 0. The van der Waals surface area contributed by atoms with E-state index in [2.05, 4.69) is 11.4 Å². The first-order chi connectivity index (χ1) is 17.5. The van der Waals surface area contributed by atoms with Gasteiger partial charge in [-0.3, -0.25) is 9.59 Å². The van der Waals surface area contributed by atoms with Crippen molar-refractivity contribution in [3.05, 3.63) is 84.3 Å². The zero-order valence-corrected chi connectivity index (χ0v) is 20.2. The molecule has 3 aromatic carbocycles. The largest absolute Gasteiger partial charge is 0.493 e. The number of ether oxygens (including phenoxy) is 1. The zero-order chi connectivity index (χ0) is 25.1. The lowest BCUT2D eigenvalue weighted by Crippen LogP contribution is -2.10. The van der Waals surface area contributed by atoms with Gasteiger partial charge in [0.05, 0.1) is 18.8 Å². The van der Waals surface area contributed by atoms with E-state index in [-0.39, 0.29) is 11.7 Å². The molecule has 1 heterocycles. The molecule has 0 saturated heterocycles. The number of benzene rings is 3. The molecule has 6 heteroatoms. The number of fused-ring (bicyclic) bond motifs is 1. The third-order valence-corrected chi connectivity index (χ3v) is 6.98. The summed E-state index contributed by atoms with van der Waals surface area (Å²) in [7, 11) is 0. The number of anilines is 1. The highest BCUT2D eigenvalue weighted by molar-refractivity contribution is 6.03. The highest BCUT2D eigenvalue weighted by atomic mass is 16.5. The SMILES string of the molecule is CC(C(=O)O)c1ccc(OCC2CCCC2)c(-c2ccc3cc(NC(=O)c4ccco4)ccc3c2)c1. The number of amides is 1. The topological polar surface area (TPSA) is 88.8 Å². The van der Waals surface area contributed by atoms with Gasteiger partial charge >= 0.3 is 5.97 Å². The van der Waals surface area contributed by atoms with E-state index in [1.165, 1.54) is 31.9 Å². The Balaban J connectivity index is 1.45.